The molecule has 0 amide bonds. The lowest BCUT2D eigenvalue weighted by Crippen LogP contribution is -2.27. The van der Waals surface area contributed by atoms with Crippen molar-refractivity contribution >= 4 is 11.8 Å². The molecule has 1 saturated carbocycles. The molecular formula is C11H23NS. The molecule has 0 radical (unpaired) electrons. The average molecular weight is 201 g/mol. The fourth-order valence-electron chi connectivity index (χ4n) is 2.00. The van der Waals surface area contributed by atoms with Crippen molar-refractivity contribution in [2.45, 2.75) is 57.2 Å². The van der Waals surface area contributed by atoms with Gasteiger partial charge in [0.15, 0.2) is 0 Å². The third kappa shape index (κ3) is 4.37. The molecule has 0 saturated heterocycles. The van der Waals surface area contributed by atoms with Gasteiger partial charge in [0.05, 0.1) is 0 Å². The van der Waals surface area contributed by atoms with Crippen molar-refractivity contribution in [2.75, 3.05) is 12.3 Å². The summed E-state index contributed by atoms with van der Waals surface area (Å²) in [5.74, 6) is 1.28. The van der Waals surface area contributed by atoms with Crippen LogP contribution >= 0.6 is 11.8 Å². The van der Waals surface area contributed by atoms with Crippen molar-refractivity contribution in [3.05, 3.63) is 0 Å². The molecule has 1 nitrogen and oxygen atoms in total. The quantitative estimate of drug-likeness (QED) is 0.663. The highest BCUT2D eigenvalue weighted by Crippen LogP contribution is 2.29. The van der Waals surface area contributed by atoms with Crippen LogP contribution in [0.3, 0.4) is 0 Å². The van der Waals surface area contributed by atoms with E-state index in [-0.39, 0.29) is 0 Å². The molecule has 1 fully saturated rings. The van der Waals surface area contributed by atoms with Gasteiger partial charge in [-0.25, -0.2) is 0 Å². The molecule has 0 aromatic rings. The van der Waals surface area contributed by atoms with Gasteiger partial charge in [0, 0.05) is 11.3 Å². The molecule has 0 aromatic heterocycles. The van der Waals surface area contributed by atoms with Crippen molar-refractivity contribution in [1.29, 1.82) is 0 Å². The molecule has 2 unspecified atom stereocenters. The Hall–Kier alpha value is 0.310. The molecule has 0 aromatic carbocycles. The van der Waals surface area contributed by atoms with Crippen molar-refractivity contribution in [1.82, 2.24) is 5.32 Å². The second-order valence-electron chi connectivity index (χ2n) is 3.90. The van der Waals surface area contributed by atoms with E-state index in [2.05, 4.69) is 30.9 Å². The van der Waals surface area contributed by atoms with Crippen molar-refractivity contribution in [3.63, 3.8) is 0 Å². The van der Waals surface area contributed by atoms with Crippen LogP contribution in [0.4, 0.5) is 0 Å². The molecular weight excluding hydrogens is 178 g/mol. The van der Waals surface area contributed by atoms with E-state index in [4.69, 9.17) is 0 Å². The van der Waals surface area contributed by atoms with Crippen LogP contribution < -0.4 is 5.32 Å². The van der Waals surface area contributed by atoms with Crippen LogP contribution in [0.2, 0.25) is 0 Å². The lowest BCUT2D eigenvalue weighted by Gasteiger charge is -2.12. The zero-order valence-corrected chi connectivity index (χ0v) is 9.83. The summed E-state index contributed by atoms with van der Waals surface area (Å²) in [7, 11) is 0. The van der Waals surface area contributed by atoms with E-state index in [0.29, 0.717) is 0 Å². The monoisotopic (exact) mass is 201 g/mol. The molecule has 1 aliphatic rings. The van der Waals surface area contributed by atoms with Gasteiger partial charge >= 0.3 is 0 Å². The van der Waals surface area contributed by atoms with E-state index in [9.17, 15) is 0 Å². The van der Waals surface area contributed by atoms with Gasteiger partial charge in [-0.1, -0.05) is 20.3 Å². The Morgan fingerprint density at radius 1 is 1.31 bits per heavy atom. The van der Waals surface area contributed by atoms with E-state index in [1.807, 2.05) is 0 Å². The Kier molecular flexibility index (Phi) is 5.88. The fourth-order valence-corrected chi connectivity index (χ4v) is 3.14. The third-order valence-electron chi connectivity index (χ3n) is 2.75. The molecule has 0 spiro atoms. The Morgan fingerprint density at radius 3 is 2.85 bits per heavy atom. The molecule has 1 rings (SSSR count). The summed E-state index contributed by atoms with van der Waals surface area (Å²) in [5, 5.41) is 4.61. The van der Waals surface area contributed by atoms with Crippen LogP contribution in [0.1, 0.15) is 46.0 Å². The summed E-state index contributed by atoms with van der Waals surface area (Å²) in [5.41, 5.74) is 0. The number of rotatable bonds is 6. The Labute approximate surface area is 87.1 Å². The first-order chi connectivity index (χ1) is 6.36. The number of thioether (sulfide) groups is 1. The summed E-state index contributed by atoms with van der Waals surface area (Å²) >= 11 is 2.14. The van der Waals surface area contributed by atoms with Gasteiger partial charge in [-0.2, -0.15) is 11.8 Å². The van der Waals surface area contributed by atoms with Gasteiger partial charge in [0.1, 0.15) is 0 Å². The van der Waals surface area contributed by atoms with E-state index in [1.54, 1.807) is 0 Å². The number of nitrogens with one attached hydrogen (secondary N) is 1. The Morgan fingerprint density at radius 2 is 2.15 bits per heavy atom. The standard InChI is InChI=1S/C11H23NS/c1-3-5-8-12-10-6-7-11(9-10)13-4-2/h10-12H,3-9H2,1-2H3. The van der Waals surface area contributed by atoms with E-state index in [1.165, 1.54) is 44.4 Å². The van der Waals surface area contributed by atoms with Gasteiger partial charge in [-0.3, -0.25) is 0 Å². The lowest BCUT2D eigenvalue weighted by atomic mass is 10.2. The summed E-state index contributed by atoms with van der Waals surface area (Å²) < 4.78 is 0. The lowest BCUT2D eigenvalue weighted by molar-refractivity contribution is 0.513. The normalized spacial score (nSPS) is 28.2. The second-order valence-corrected chi connectivity index (χ2v) is 5.47. The highest BCUT2D eigenvalue weighted by molar-refractivity contribution is 7.99. The first kappa shape index (κ1) is 11.4. The molecule has 1 aliphatic carbocycles. The largest absolute Gasteiger partial charge is 0.314 e. The Balaban J connectivity index is 2.03. The molecule has 0 heterocycles. The summed E-state index contributed by atoms with van der Waals surface area (Å²) in [6.07, 6.45) is 6.89. The predicted octanol–water partition coefficient (Wildman–Crippen LogP) is 3.05. The molecule has 0 bridgehead atoms. The molecule has 2 heteroatoms. The van der Waals surface area contributed by atoms with Gasteiger partial charge in [0.25, 0.3) is 0 Å². The van der Waals surface area contributed by atoms with Crippen molar-refractivity contribution in [3.8, 4) is 0 Å². The van der Waals surface area contributed by atoms with Gasteiger partial charge < -0.3 is 5.32 Å². The molecule has 78 valence electrons. The molecule has 1 N–H and O–H groups in total. The van der Waals surface area contributed by atoms with Gasteiger partial charge in [0.2, 0.25) is 0 Å². The zero-order chi connectivity index (χ0) is 9.52. The average Bonchev–Trinajstić information content (AvgIpc) is 2.54. The number of unbranched alkanes of at least 4 members (excludes halogenated alkanes) is 1. The van der Waals surface area contributed by atoms with Crippen molar-refractivity contribution < 1.29 is 0 Å². The Bertz CT molecular complexity index is 127. The first-order valence-electron chi connectivity index (χ1n) is 5.71. The minimum absolute atomic E-state index is 0.829. The smallest absolute Gasteiger partial charge is 0.00779 e. The number of hydrogen-bond donors (Lipinski definition) is 1. The fraction of sp³-hybridized carbons (Fsp3) is 1.00. The van der Waals surface area contributed by atoms with E-state index in [0.717, 1.165) is 11.3 Å². The maximum absolute atomic E-state index is 3.66. The maximum atomic E-state index is 3.66. The van der Waals surface area contributed by atoms with Crippen LogP contribution in [0.15, 0.2) is 0 Å². The van der Waals surface area contributed by atoms with Crippen LogP contribution in [0.5, 0.6) is 0 Å². The predicted molar refractivity (Wildman–Crippen MR) is 62.5 cm³/mol. The van der Waals surface area contributed by atoms with Crippen LogP contribution in [-0.2, 0) is 0 Å². The van der Waals surface area contributed by atoms with Crippen LogP contribution in [0, 0.1) is 0 Å². The minimum atomic E-state index is 0.829. The topological polar surface area (TPSA) is 12.0 Å². The third-order valence-corrected chi connectivity index (χ3v) is 3.98. The van der Waals surface area contributed by atoms with Gasteiger partial charge in [-0.15, -0.1) is 0 Å². The summed E-state index contributed by atoms with van der Waals surface area (Å²) in [6.45, 7) is 5.75. The first-order valence-corrected chi connectivity index (χ1v) is 6.76. The summed E-state index contributed by atoms with van der Waals surface area (Å²) in [6, 6.07) is 0.829. The summed E-state index contributed by atoms with van der Waals surface area (Å²) in [4.78, 5) is 0. The SMILES string of the molecule is CCCCNC1CCC(SCC)C1. The van der Waals surface area contributed by atoms with Crippen LogP contribution in [0.25, 0.3) is 0 Å². The molecule has 0 aliphatic heterocycles. The van der Waals surface area contributed by atoms with Crippen LogP contribution in [-0.4, -0.2) is 23.6 Å². The molecule has 13 heavy (non-hydrogen) atoms. The maximum Gasteiger partial charge on any atom is 0.00779 e. The van der Waals surface area contributed by atoms with Gasteiger partial charge in [-0.05, 0) is 38.0 Å². The highest BCUT2D eigenvalue weighted by atomic mass is 32.2. The van der Waals surface area contributed by atoms with Crippen molar-refractivity contribution in [2.24, 2.45) is 0 Å². The van der Waals surface area contributed by atoms with E-state index >= 15 is 0 Å². The minimum Gasteiger partial charge on any atom is -0.314 e. The second kappa shape index (κ2) is 6.72. The zero-order valence-electron chi connectivity index (χ0n) is 9.01. The van der Waals surface area contributed by atoms with E-state index < -0.39 is 0 Å². The highest BCUT2D eigenvalue weighted by Gasteiger charge is 2.23. The molecule has 2 atom stereocenters. The number of hydrogen-bond acceptors (Lipinski definition) is 2.